The number of nitrogens with one attached hydrogen (secondary N) is 2. The number of H-pyrrole nitrogens is 2. The highest BCUT2D eigenvalue weighted by Crippen LogP contribution is 2.43. The van der Waals surface area contributed by atoms with Crippen LogP contribution < -0.4 is 0 Å². The Morgan fingerprint density at radius 3 is 0.525 bits per heavy atom. The number of pyridine rings is 12. The molecule has 120 heavy (non-hydrogen) atoms. The quantitative estimate of drug-likeness (QED) is 0.0921. The Bertz CT molecular complexity index is 6560. The lowest BCUT2D eigenvalue weighted by Crippen LogP contribution is -1.94. The molecule has 0 saturated heterocycles. The number of aromatic nitrogens is 16. The van der Waals surface area contributed by atoms with Crippen LogP contribution in [0.3, 0.4) is 0 Å². The third-order valence-corrected chi connectivity index (χ3v) is 21.3. The summed E-state index contributed by atoms with van der Waals surface area (Å²) in [4.78, 5) is 79.7. The Morgan fingerprint density at radius 1 is 0.142 bits per heavy atom. The van der Waals surface area contributed by atoms with Gasteiger partial charge in [-0.1, -0.05) is 146 Å². The van der Waals surface area contributed by atoms with E-state index in [0.717, 1.165) is 225 Å². The molecule has 0 unspecified atom stereocenters. The lowest BCUT2D eigenvalue weighted by atomic mass is 9.99. The summed E-state index contributed by atoms with van der Waals surface area (Å²) in [7, 11) is 0. The second-order valence-corrected chi connectivity index (χ2v) is 29.0. The van der Waals surface area contributed by atoms with Crippen molar-refractivity contribution in [2.75, 3.05) is 0 Å². The van der Waals surface area contributed by atoms with Crippen molar-refractivity contribution in [2.45, 2.75) is 0 Å². The Morgan fingerprint density at radius 2 is 0.317 bits per heavy atom. The molecule has 16 nitrogen and oxygen atoms in total. The predicted octanol–water partition coefficient (Wildman–Crippen LogP) is 24.1. The smallest absolute Gasteiger partial charge is 0.0894 e. The molecule has 16 heteroatoms. The van der Waals surface area contributed by atoms with E-state index >= 15 is 0 Å². The van der Waals surface area contributed by atoms with E-state index in [4.69, 9.17) is 49.8 Å². The highest BCUT2D eigenvalue weighted by molar-refractivity contribution is 6.01. The summed E-state index contributed by atoms with van der Waals surface area (Å²) in [6, 6.07) is 114. The Kier molecular flexibility index (Phi) is 18.5. The van der Waals surface area contributed by atoms with Crippen LogP contribution in [0.5, 0.6) is 0 Å². The lowest BCUT2D eigenvalue weighted by molar-refractivity contribution is 1.22. The van der Waals surface area contributed by atoms with Gasteiger partial charge in [-0.25, -0.2) is 49.8 Å². The molecule has 2 aliphatic heterocycles. The van der Waals surface area contributed by atoms with Crippen molar-refractivity contribution in [1.29, 1.82) is 0 Å². The average Bonchev–Trinajstić information content (AvgIpc) is 1.61. The van der Waals surface area contributed by atoms with Crippen LogP contribution in [0.1, 0.15) is 22.8 Å². The number of hydrogen-bond acceptors (Lipinski definition) is 14. The van der Waals surface area contributed by atoms with Gasteiger partial charge in [0, 0.05) is 91.4 Å². The van der Waals surface area contributed by atoms with E-state index in [-0.39, 0.29) is 0 Å². The maximum atomic E-state index is 5.83. The van der Waals surface area contributed by atoms with Gasteiger partial charge in [-0.15, -0.1) is 0 Å². The van der Waals surface area contributed by atoms with E-state index in [9.17, 15) is 0 Å². The molecule has 17 heterocycles. The van der Waals surface area contributed by atoms with Crippen LogP contribution in [0, 0.1) is 0 Å². The van der Waals surface area contributed by atoms with Crippen LogP contribution >= 0.6 is 0 Å². The molecule has 21 rings (SSSR count). The van der Waals surface area contributed by atoms with Crippen molar-refractivity contribution in [1.82, 2.24) is 79.7 Å². The van der Waals surface area contributed by atoms with Crippen molar-refractivity contribution in [2.24, 2.45) is 0 Å². The Labute approximate surface area is 689 Å². The summed E-state index contributed by atoms with van der Waals surface area (Å²) in [5.41, 5.74) is 32.0. The molecule has 4 aromatic carbocycles. The SMILES string of the molecule is C1=Cc2nc1c(-c1cccc(-c3cccc(-c4cccc(-c5ccccn5)n4)n3)c1)c1ccc([nH]1)c(-c1cccc(-c3cccc(-c4cccc(-c5ccccn5)n4)n3)c1)c1nc(c(-c3cccc(-c4cccc(-c5cccc(-c6ccccn6)n5)n4)c3)c3ccc([nH]3)c2-c2cccc(-c3cccc(-c4cccc(-c5ccccn5)n4)n3)c2)C=C1. The highest BCUT2D eigenvalue weighted by Gasteiger charge is 2.23. The van der Waals surface area contributed by atoms with E-state index in [1.54, 1.807) is 24.8 Å². The largest absolute Gasteiger partial charge is 0.354 e. The molecule has 15 aromatic heterocycles. The first-order chi connectivity index (χ1) is 59.4. The first kappa shape index (κ1) is 71.1. The molecular weight excluding hydrogens is 1470 g/mol. The molecule has 562 valence electrons. The molecule has 0 fully saturated rings. The first-order valence-corrected chi connectivity index (χ1v) is 39.4. The van der Waals surface area contributed by atoms with Crippen molar-refractivity contribution in [3.8, 4) is 181 Å². The van der Waals surface area contributed by atoms with Gasteiger partial charge < -0.3 is 9.97 Å². The summed E-state index contributed by atoms with van der Waals surface area (Å²) >= 11 is 0. The van der Waals surface area contributed by atoms with Crippen molar-refractivity contribution in [3.63, 3.8) is 0 Å². The molecule has 2 aliphatic rings. The van der Waals surface area contributed by atoms with Crippen molar-refractivity contribution < 1.29 is 0 Å². The summed E-state index contributed by atoms with van der Waals surface area (Å²) in [6.07, 6.45) is 15.6. The Hall–Kier alpha value is -16.7. The van der Waals surface area contributed by atoms with Gasteiger partial charge in [0.25, 0.3) is 0 Å². The Balaban J connectivity index is 0.770. The van der Waals surface area contributed by atoms with Crippen LogP contribution in [-0.4, -0.2) is 79.7 Å². The molecule has 2 N–H and O–H groups in total. The third kappa shape index (κ3) is 14.3. The number of aromatic amines is 2. The van der Waals surface area contributed by atoms with Crippen LogP contribution in [0.4, 0.5) is 0 Å². The molecule has 0 radical (unpaired) electrons. The van der Waals surface area contributed by atoms with E-state index < -0.39 is 0 Å². The average molecular weight is 1540 g/mol. The van der Waals surface area contributed by atoms with Crippen LogP contribution in [-0.2, 0) is 0 Å². The maximum Gasteiger partial charge on any atom is 0.0894 e. The van der Waals surface area contributed by atoms with E-state index in [2.05, 4.69) is 176 Å². The predicted molar refractivity (Wildman–Crippen MR) is 479 cm³/mol. The van der Waals surface area contributed by atoms with Gasteiger partial charge in [-0.2, -0.15) is 0 Å². The van der Waals surface area contributed by atoms with Crippen molar-refractivity contribution >= 4 is 46.4 Å². The van der Waals surface area contributed by atoms with Gasteiger partial charge in [-0.3, -0.25) is 19.9 Å². The van der Waals surface area contributed by atoms with E-state index in [1.165, 1.54) is 0 Å². The molecule has 8 bridgehead atoms. The molecule has 19 aromatic rings. The fourth-order valence-electron chi connectivity index (χ4n) is 15.6. The second-order valence-electron chi connectivity index (χ2n) is 29.0. The molecule has 0 saturated carbocycles. The maximum absolute atomic E-state index is 5.83. The first-order valence-electron chi connectivity index (χ1n) is 39.4. The van der Waals surface area contributed by atoms with Gasteiger partial charge in [-0.05, 0) is 241 Å². The zero-order chi connectivity index (χ0) is 79.7. The number of rotatable bonds is 16. The van der Waals surface area contributed by atoms with Gasteiger partial charge in [0.2, 0.25) is 0 Å². The van der Waals surface area contributed by atoms with E-state index in [1.807, 2.05) is 218 Å². The highest BCUT2D eigenvalue weighted by atomic mass is 14.9. The zero-order valence-electron chi connectivity index (χ0n) is 64.2. The standard InChI is InChI=1S/C104H66N16/c1-5-57-105-77(29-1)81-37-17-45-89(113-81)85-41-13-33-73(109-85)65-21-9-25-69(61-65)101-93-49-51-95(117-93)102(70-26-10-22-66(62-70)74-34-14-42-86(110-74)90-46-18-38-82(114-90)78-30-2-6-58-106-78)97-53-55-99(119-97)104(72-28-12-24-68(64-72)76-36-16-44-88(112-76)92-48-20-40-84(116-92)80-32-4-8-60-108-80)100-56-54-98(120-100)103(96-52-50-94(101)118-96)71-27-11-23-67(63-71)75-35-15-43-87(111-75)91-47-19-39-83(115-91)79-31-3-7-59-107-79/h1-64,117,120H. The summed E-state index contributed by atoms with van der Waals surface area (Å²) in [6.45, 7) is 0. The van der Waals surface area contributed by atoms with Gasteiger partial charge in [0.1, 0.15) is 0 Å². The van der Waals surface area contributed by atoms with Crippen LogP contribution in [0.15, 0.2) is 365 Å². The van der Waals surface area contributed by atoms with Crippen LogP contribution in [0.25, 0.3) is 227 Å². The molecular formula is C104H66N16. The monoisotopic (exact) mass is 1540 g/mol. The molecule has 0 amide bonds. The molecule has 0 aliphatic carbocycles. The fourth-order valence-corrected chi connectivity index (χ4v) is 15.6. The number of benzene rings is 4. The topological polar surface area (TPSA) is 212 Å². The number of fused-ring (bicyclic) bond motifs is 8. The summed E-state index contributed by atoms with van der Waals surface area (Å²) in [5.74, 6) is 0. The normalized spacial score (nSPS) is 11.6. The molecule has 0 atom stereocenters. The summed E-state index contributed by atoms with van der Waals surface area (Å²) in [5, 5.41) is 0. The number of nitrogens with zero attached hydrogens (tertiary/aromatic N) is 14. The number of hydrogen-bond donors (Lipinski definition) is 2. The minimum absolute atomic E-state index is 0.731. The zero-order valence-corrected chi connectivity index (χ0v) is 64.2. The van der Waals surface area contributed by atoms with E-state index in [0.29, 0.717) is 0 Å². The fraction of sp³-hybridized carbons (Fsp3) is 0. The van der Waals surface area contributed by atoms with Crippen LogP contribution in [0.2, 0.25) is 0 Å². The summed E-state index contributed by atoms with van der Waals surface area (Å²) < 4.78 is 0. The minimum atomic E-state index is 0.731. The third-order valence-electron chi connectivity index (χ3n) is 21.3. The van der Waals surface area contributed by atoms with Crippen molar-refractivity contribution in [3.05, 3.63) is 387 Å². The van der Waals surface area contributed by atoms with Gasteiger partial charge >= 0.3 is 0 Å². The minimum Gasteiger partial charge on any atom is -0.354 e. The van der Waals surface area contributed by atoms with Gasteiger partial charge in [0.15, 0.2) is 0 Å². The van der Waals surface area contributed by atoms with Gasteiger partial charge in [0.05, 0.1) is 137 Å². The molecule has 0 spiro atoms. The lowest BCUT2D eigenvalue weighted by Gasteiger charge is -2.11. The second kappa shape index (κ2) is 31.2.